The lowest BCUT2D eigenvalue weighted by atomic mass is 9.94. The number of halogens is 1. The molecule has 1 aliphatic heterocycles. The van der Waals surface area contributed by atoms with Gasteiger partial charge in [0.2, 0.25) is 5.95 Å². The van der Waals surface area contributed by atoms with Crippen LogP contribution >= 0.6 is 11.6 Å². The highest BCUT2D eigenvalue weighted by atomic mass is 35.5. The quantitative estimate of drug-likeness (QED) is 0.744. The number of hydrogen-bond acceptors (Lipinski definition) is 3. The molecule has 2 heterocycles. The van der Waals surface area contributed by atoms with Crippen molar-refractivity contribution in [2.24, 2.45) is 0 Å². The average Bonchev–Trinajstić information content (AvgIpc) is 2.38. The summed E-state index contributed by atoms with van der Waals surface area (Å²) in [6.07, 6.45) is 1.02. The highest BCUT2D eigenvalue weighted by Gasteiger charge is 2.25. The molecule has 0 saturated carbocycles. The van der Waals surface area contributed by atoms with Gasteiger partial charge >= 0.3 is 0 Å². The molecule has 1 aromatic carbocycles. The third-order valence-corrected chi connectivity index (χ3v) is 3.86. The molecule has 0 aliphatic carbocycles. The van der Waals surface area contributed by atoms with Gasteiger partial charge in [-0.3, -0.25) is 0 Å². The third-order valence-electron chi connectivity index (χ3n) is 3.66. The first-order chi connectivity index (χ1) is 9.15. The predicted octanol–water partition coefficient (Wildman–Crippen LogP) is 3.56. The van der Waals surface area contributed by atoms with E-state index >= 15 is 0 Å². The Morgan fingerprint density at radius 2 is 2.05 bits per heavy atom. The van der Waals surface area contributed by atoms with E-state index in [9.17, 15) is 0 Å². The second kappa shape index (κ2) is 4.82. The molecule has 0 spiro atoms. The highest BCUT2D eigenvalue weighted by molar-refractivity contribution is 6.29. The van der Waals surface area contributed by atoms with Crippen LogP contribution in [-0.4, -0.2) is 16.5 Å². The van der Waals surface area contributed by atoms with Gasteiger partial charge in [-0.25, -0.2) is 9.97 Å². The maximum atomic E-state index is 6.04. The lowest BCUT2D eigenvalue weighted by molar-refractivity contribution is 0.607. The Labute approximate surface area is 118 Å². The fourth-order valence-electron chi connectivity index (χ4n) is 2.69. The van der Waals surface area contributed by atoms with Gasteiger partial charge in [0.25, 0.3) is 0 Å². The summed E-state index contributed by atoms with van der Waals surface area (Å²) < 4.78 is 0. The third kappa shape index (κ3) is 2.30. The van der Waals surface area contributed by atoms with E-state index < -0.39 is 0 Å². The Hall–Kier alpha value is -1.61. The second-order valence-corrected chi connectivity index (χ2v) is 5.34. The summed E-state index contributed by atoms with van der Waals surface area (Å²) >= 11 is 6.04. The molecule has 0 N–H and O–H groups in total. The van der Waals surface area contributed by atoms with Crippen molar-refractivity contribution in [2.75, 3.05) is 11.4 Å². The van der Waals surface area contributed by atoms with E-state index in [1.807, 2.05) is 6.92 Å². The van der Waals surface area contributed by atoms with E-state index in [4.69, 9.17) is 11.6 Å². The molecule has 98 valence electrons. The van der Waals surface area contributed by atoms with Crippen LogP contribution < -0.4 is 4.90 Å². The molecule has 1 atom stereocenters. The van der Waals surface area contributed by atoms with Gasteiger partial charge in [-0.15, -0.1) is 0 Å². The number of fused-ring (bicyclic) bond motifs is 1. The zero-order valence-electron chi connectivity index (χ0n) is 11.1. The molecule has 19 heavy (non-hydrogen) atoms. The molecule has 2 aromatic rings. The molecule has 3 nitrogen and oxygen atoms in total. The largest absolute Gasteiger partial charge is 0.334 e. The predicted molar refractivity (Wildman–Crippen MR) is 77.7 cm³/mol. The molecular formula is C15H16ClN3. The van der Waals surface area contributed by atoms with Crippen LogP contribution in [0.3, 0.4) is 0 Å². The fraction of sp³-hybridized carbons (Fsp3) is 0.333. The lowest BCUT2D eigenvalue weighted by Crippen LogP contribution is -2.35. The molecule has 0 saturated heterocycles. The van der Waals surface area contributed by atoms with E-state index in [1.54, 1.807) is 6.07 Å². The normalized spacial score (nSPS) is 18.3. The minimum atomic E-state index is 0.280. The summed E-state index contributed by atoms with van der Waals surface area (Å²) in [5.41, 5.74) is 3.68. The molecule has 1 aliphatic rings. The number of benzene rings is 1. The minimum Gasteiger partial charge on any atom is -0.334 e. The SMILES string of the molecule is Cc1cc(Cl)nc(N2CCc3ccccc3C2C)n1. The summed E-state index contributed by atoms with van der Waals surface area (Å²) in [6.45, 7) is 5.06. The zero-order valence-corrected chi connectivity index (χ0v) is 11.9. The number of aromatic nitrogens is 2. The van der Waals surface area contributed by atoms with Crippen LogP contribution in [0.1, 0.15) is 29.8 Å². The van der Waals surface area contributed by atoms with Crippen LogP contribution in [0.2, 0.25) is 5.15 Å². The van der Waals surface area contributed by atoms with Crippen LogP contribution in [0.5, 0.6) is 0 Å². The van der Waals surface area contributed by atoms with Crippen molar-refractivity contribution in [2.45, 2.75) is 26.3 Å². The molecule has 4 heteroatoms. The van der Waals surface area contributed by atoms with Crippen molar-refractivity contribution in [3.05, 3.63) is 52.3 Å². The van der Waals surface area contributed by atoms with Gasteiger partial charge in [-0.2, -0.15) is 0 Å². The summed E-state index contributed by atoms with van der Waals surface area (Å²) in [6, 6.07) is 10.6. The zero-order chi connectivity index (χ0) is 13.4. The summed E-state index contributed by atoms with van der Waals surface area (Å²) in [5.74, 6) is 0.729. The van der Waals surface area contributed by atoms with Crippen LogP contribution in [0.25, 0.3) is 0 Å². The highest BCUT2D eigenvalue weighted by Crippen LogP contribution is 2.31. The Morgan fingerprint density at radius 1 is 1.26 bits per heavy atom. The van der Waals surface area contributed by atoms with Gasteiger partial charge in [-0.05, 0) is 37.5 Å². The average molecular weight is 274 g/mol. The molecule has 1 aromatic heterocycles. The first-order valence-electron chi connectivity index (χ1n) is 6.51. The second-order valence-electron chi connectivity index (χ2n) is 4.95. The maximum absolute atomic E-state index is 6.04. The van der Waals surface area contributed by atoms with Crippen LogP contribution in [0.4, 0.5) is 5.95 Å². The number of nitrogens with zero attached hydrogens (tertiary/aromatic N) is 3. The molecule has 0 bridgehead atoms. The Balaban J connectivity index is 1.99. The van der Waals surface area contributed by atoms with Crippen molar-refractivity contribution in [1.29, 1.82) is 0 Å². The number of rotatable bonds is 1. The van der Waals surface area contributed by atoms with Gasteiger partial charge < -0.3 is 4.90 Å². The first kappa shape index (κ1) is 12.4. The molecule has 0 radical (unpaired) electrons. The van der Waals surface area contributed by atoms with Crippen molar-refractivity contribution < 1.29 is 0 Å². The van der Waals surface area contributed by atoms with Crippen molar-refractivity contribution in [1.82, 2.24) is 9.97 Å². The molecule has 3 rings (SSSR count). The van der Waals surface area contributed by atoms with Crippen molar-refractivity contribution >= 4 is 17.5 Å². The summed E-state index contributed by atoms with van der Waals surface area (Å²) in [4.78, 5) is 11.1. The number of aryl methyl sites for hydroxylation is 1. The van der Waals surface area contributed by atoms with Crippen LogP contribution in [0, 0.1) is 6.92 Å². The smallest absolute Gasteiger partial charge is 0.227 e. The van der Waals surface area contributed by atoms with Crippen LogP contribution in [0.15, 0.2) is 30.3 Å². The number of hydrogen-bond donors (Lipinski definition) is 0. The standard InChI is InChI=1S/C15H16ClN3/c1-10-9-14(16)18-15(17-10)19-8-7-12-5-3-4-6-13(12)11(19)2/h3-6,9,11H,7-8H2,1-2H3. The lowest BCUT2D eigenvalue weighted by Gasteiger charge is -2.35. The Kier molecular flexibility index (Phi) is 3.15. The monoisotopic (exact) mass is 273 g/mol. The maximum Gasteiger partial charge on any atom is 0.227 e. The Morgan fingerprint density at radius 3 is 2.84 bits per heavy atom. The van der Waals surface area contributed by atoms with Crippen molar-refractivity contribution in [3.8, 4) is 0 Å². The number of anilines is 1. The van der Waals surface area contributed by atoms with Gasteiger partial charge in [0.05, 0.1) is 6.04 Å². The Bertz CT molecular complexity index is 592. The van der Waals surface area contributed by atoms with Gasteiger partial charge in [0, 0.05) is 12.2 Å². The fourth-order valence-corrected chi connectivity index (χ4v) is 2.92. The van der Waals surface area contributed by atoms with Crippen molar-refractivity contribution in [3.63, 3.8) is 0 Å². The van der Waals surface area contributed by atoms with E-state index in [0.717, 1.165) is 24.6 Å². The van der Waals surface area contributed by atoms with Gasteiger partial charge in [-0.1, -0.05) is 35.9 Å². The van der Waals surface area contributed by atoms with E-state index in [2.05, 4.69) is 46.1 Å². The topological polar surface area (TPSA) is 29.0 Å². The van der Waals surface area contributed by atoms with E-state index in [1.165, 1.54) is 11.1 Å². The summed E-state index contributed by atoms with van der Waals surface area (Å²) in [7, 11) is 0. The van der Waals surface area contributed by atoms with Crippen LogP contribution in [-0.2, 0) is 6.42 Å². The summed E-state index contributed by atoms with van der Waals surface area (Å²) in [5, 5.41) is 0.508. The minimum absolute atomic E-state index is 0.280. The van der Waals surface area contributed by atoms with E-state index in [0.29, 0.717) is 5.15 Å². The van der Waals surface area contributed by atoms with E-state index in [-0.39, 0.29) is 6.04 Å². The molecule has 0 amide bonds. The first-order valence-corrected chi connectivity index (χ1v) is 6.88. The molecule has 0 fully saturated rings. The van der Waals surface area contributed by atoms with Gasteiger partial charge in [0.15, 0.2) is 0 Å². The molecular weight excluding hydrogens is 258 g/mol. The molecule has 1 unspecified atom stereocenters. The van der Waals surface area contributed by atoms with Gasteiger partial charge in [0.1, 0.15) is 5.15 Å².